The minimum atomic E-state index is -1.34. The highest BCUT2D eigenvalue weighted by Crippen LogP contribution is 2.50. The summed E-state index contributed by atoms with van der Waals surface area (Å²) in [6.07, 6.45) is 0.245. The normalized spacial score (nSPS) is 27.5. The number of rotatable bonds is 6. The molecule has 0 aromatic heterocycles. The van der Waals surface area contributed by atoms with E-state index in [0.717, 1.165) is 11.1 Å². The zero-order valence-electron chi connectivity index (χ0n) is 17.5. The molecular formula is C24H25ClN2O4. The summed E-state index contributed by atoms with van der Waals surface area (Å²) in [5, 5.41) is 3.97. The summed E-state index contributed by atoms with van der Waals surface area (Å²) in [4.78, 5) is 41.4. The van der Waals surface area contributed by atoms with Crippen molar-refractivity contribution in [2.75, 3.05) is 13.2 Å². The first-order valence-corrected chi connectivity index (χ1v) is 10.9. The Hall–Kier alpha value is -2.70. The first-order chi connectivity index (χ1) is 14.9. The van der Waals surface area contributed by atoms with Crippen LogP contribution in [0.3, 0.4) is 0 Å². The lowest BCUT2D eigenvalue weighted by Gasteiger charge is -2.33. The van der Waals surface area contributed by atoms with Gasteiger partial charge in [-0.25, -0.2) is 0 Å². The second kappa shape index (κ2) is 8.44. The molecule has 2 saturated heterocycles. The number of fused-ring (bicyclic) bond motifs is 1. The Bertz CT molecular complexity index is 994. The van der Waals surface area contributed by atoms with Crippen molar-refractivity contribution >= 4 is 29.4 Å². The molecule has 0 bridgehead atoms. The van der Waals surface area contributed by atoms with Gasteiger partial charge in [-0.3, -0.25) is 24.6 Å². The molecule has 0 aliphatic carbocycles. The zero-order valence-corrected chi connectivity index (χ0v) is 18.3. The molecule has 2 aromatic rings. The monoisotopic (exact) mass is 440 g/mol. The lowest BCUT2D eigenvalue weighted by Crippen LogP contribution is -2.58. The molecule has 2 fully saturated rings. The number of carbonyl (C=O) groups is 3. The number of likely N-dealkylation sites (tertiary alicyclic amines) is 1. The summed E-state index contributed by atoms with van der Waals surface area (Å²) < 4.78 is 5.46. The van der Waals surface area contributed by atoms with Gasteiger partial charge in [-0.15, -0.1) is 0 Å². The van der Waals surface area contributed by atoms with Crippen LogP contribution < -0.4 is 5.32 Å². The predicted octanol–water partition coefficient (Wildman–Crippen LogP) is 3.15. The molecular weight excluding hydrogens is 416 g/mol. The van der Waals surface area contributed by atoms with E-state index in [1.807, 2.05) is 42.5 Å². The summed E-state index contributed by atoms with van der Waals surface area (Å²) in [5.41, 5.74) is 0.342. The van der Waals surface area contributed by atoms with Crippen molar-refractivity contribution in [2.24, 2.45) is 11.8 Å². The van der Waals surface area contributed by atoms with E-state index in [4.69, 9.17) is 16.3 Å². The molecule has 2 aliphatic rings. The third-order valence-electron chi connectivity index (χ3n) is 6.26. The van der Waals surface area contributed by atoms with E-state index >= 15 is 0 Å². The lowest BCUT2D eigenvalue weighted by molar-refractivity contribution is -0.156. The maximum Gasteiger partial charge on any atom is 0.327 e. The molecule has 0 unspecified atom stereocenters. The van der Waals surface area contributed by atoms with Gasteiger partial charge < -0.3 is 4.74 Å². The summed E-state index contributed by atoms with van der Waals surface area (Å²) in [6.45, 7) is 3.95. The number of amides is 2. The van der Waals surface area contributed by atoms with Crippen LogP contribution in [0.1, 0.15) is 31.0 Å². The fourth-order valence-electron chi connectivity index (χ4n) is 4.93. The SMILES string of the molecule is CCOC(=O)[C@]1(Cc2ccccc2)N[C@H](c2ccc(Cl)cc2)[C@H]2C(=O)N(CC)C(=O)[C@H]21. The average Bonchev–Trinajstić information content (AvgIpc) is 3.24. The van der Waals surface area contributed by atoms with Gasteiger partial charge in [0, 0.05) is 24.0 Å². The van der Waals surface area contributed by atoms with E-state index in [1.165, 1.54) is 4.90 Å². The van der Waals surface area contributed by atoms with Gasteiger partial charge >= 0.3 is 5.97 Å². The van der Waals surface area contributed by atoms with Crippen molar-refractivity contribution in [1.82, 2.24) is 10.2 Å². The summed E-state index contributed by atoms with van der Waals surface area (Å²) >= 11 is 6.06. The molecule has 2 aliphatic heterocycles. The van der Waals surface area contributed by atoms with Crippen LogP contribution in [0.15, 0.2) is 54.6 Å². The van der Waals surface area contributed by atoms with Gasteiger partial charge in [0.1, 0.15) is 5.54 Å². The Morgan fingerprint density at radius 3 is 2.35 bits per heavy atom. The number of hydrogen-bond acceptors (Lipinski definition) is 5. The molecule has 2 heterocycles. The molecule has 2 amide bonds. The molecule has 0 saturated carbocycles. The van der Waals surface area contributed by atoms with Crippen LogP contribution in [-0.4, -0.2) is 41.4 Å². The summed E-state index contributed by atoms with van der Waals surface area (Å²) in [7, 11) is 0. The molecule has 162 valence electrons. The van der Waals surface area contributed by atoms with Gasteiger partial charge in [-0.05, 0) is 37.1 Å². The van der Waals surface area contributed by atoms with Gasteiger partial charge in [0.2, 0.25) is 11.8 Å². The largest absolute Gasteiger partial charge is 0.465 e. The van der Waals surface area contributed by atoms with Gasteiger partial charge in [-0.2, -0.15) is 0 Å². The molecule has 0 radical (unpaired) electrons. The highest BCUT2D eigenvalue weighted by Gasteiger charge is 2.68. The van der Waals surface area contributed by atoms with E-state index in [1.54, 1.807) is 26.0 Å². The number of benzene rings is 2. The molecule has 4 rings (SSSR count). The van der Waals surface area contributed by atoms with Crippen LogP contribution in [0.2, 0.25) is 5.02 Å². The van der Waals surface area contributed by atoms with Crippen molar-refractivity contribution in [1.29, 1.82) is 0 Å². The fourth-order valence-corrected chi connectivity index (χ4v) is 5.06. The summed E-state index contributed by atoms with van der Waals surface area (Å²) in [6, 6.07) is 16.1. The first-order valence-electron chi connectivity index (χ1n) is 10.5. The Morgan fingerprint density at radius 1 is 1.06 bits per heavy atom. The van der Waals surface area contributed by atoms with E-state index in [9.17, 15) is 14.4 Å². The molecule has 2 aromatic carbocycles. The number of carbonyl (C=O) groups excluding carboxylic acids is 3. The lowest BCUT2D eigenvalue weighted by atomic mass is 9.76. The van der Waals surface area contributed by atoms with Gasteiger partial charge in [0.15, 0.2) is 0 Å². The van der Waals surface area contributed by atoms with Crippen molar-refractivity contribution in [2.45, 2.75) is 31.8 Å². The third kappa shape index (κ3) is 3.54. The number of imide groups is 1. The van der Waals surface area contributed by atoms with Gasteiger partial charge in [0.05, 0.1) is 18.4 Å². The number of nitrogens with zero attached hydrogens (tertiary/aromatic N) is 1. The van der Waals surface area contributed by atoms with Crippen molar-refractivity contribution in [3.63, 3.8) is 0 Å². The number of hydrogen-bond donors (Lipinski definition) is 1. The average molecular weight is 441 g/mol. The number of halogens is 1. The zero-order chi connectivity index (χ0) is 22.2. The second-order valence-electron chi connectivity index (χ2n) is 7.95. The van der Waals surface area contributed by atoms with Crippen LogP contribution >= 0.6 is 11.6 Å². The molecule has 4 atom stereocenters. The quantitative estimate of drug-likeness (QED) is 0.551. The van der Waals surface area contributed by atoms with E-state index in [0.29, 0.717) is 5.02 Å². The smallest absolute Gasteiger partial charge is 0.327 e. The Morgan fingerprint density at radius 2 is 1.74 bits per heavy atom. The van der Waals surface area contributed by atoms with Crippen molar-refractivity contribution < 1.29 is 19.1 Å². The standard InChI is InChI=1S/C24H25ClN2O4/c1-3-27-21(28)18-19(22(27)29)24(23(30)31-4-2,14-15-8-6-5-7-9-15)26-20(18)16-10-12-17(25)13-11-16/h5-13,18-20,26H,3-4,14H2,1-2H3/t18-,19-,20+,24+/m0/s1. The molecule has 6 nitrogen and oxygen atoms in total. The number of ether oxygens (including phenoxy) is 1. The molecule has 0 spiro atoms. The topological polar surface area (TPSA) is 75.7 Å². The first kappa shape index (κ1) is 21.5. The van der Waals surface area contributed by atoms with E-state index in [2.05, 4.69) is 5.32 Å². The summed E-state index contributed by atoms with van der Waals surface area (Å²) in [5.74, 6) is -2.64. The van der Waals surface area contributed by atoms with E-state index in [-0.39, 0.29) is 31.4 Å². The minimum Gasteiger partial charge on any atom is -0.465 e. The maximum absolute atomic E-state index is 13.4. The van der Waals surface area contributed by atoms with Gasteiger partial charge in [0.25, 0.3) is 0 Å². The predicted molar refractivity (Wildman–Crippen MR) is 116 cm³/mol. The van der Waals surface area contributed by atoms with Crippen molar-refractivity contribution in [3.8, 4) is 0 Å². The van der Waals surface area contributed by atoms with E-state index < -0.39 is 29.4 Å². The van der Waals surface area contributed by atoms with Crippen LogP contribution in [0.5, 0.6) is 0 Å². The highest BCUT2D eigenvalue weighted by atomic mass is 35.5. The Labute approximate surface area is 186 Å². The van der Waals surface area contributed by atoms with Crippen LogP contribution in [0, 0.1) is 11.8 Å². The molecule has 7 heteroatoms. The highest BCUT2D eigenvalue weighted by molar-refractivity contribution is 6.30. The third-order valence-corrected chi connectivity index (χ3v) is 6.51. The Kier molecular flexibility index (Phi) is 5.86. The van der Waals surface area contributed by atoms with Crippen LogP contribution in [0.4, 0.5) is 0 Å². The molecule has 31 heavy (non-hydrogen) atoms. The number of esters is 1. The fraction of sp³-hybridized carbons (Fsp3) is 0.375. The van der Waals surface area contributed by atoms with Crippen LogP contribution in [-0.2, 0) is 25.5 Å². The minimum absolute atomic E-state index is 0.180. The molecule has 1 N–H and O–H groups in total. The number of nitrogens with one attached hydrogen (secondary N) is 1. The second-order valence-corrected chi connectivity index (χ2v) is 8.39. The Balaban J connectivity index is 1.86. The van der Waals surface area contributed by atoms with Crippen molar-refractivity contribution in [3.05, 3.63) is 70.7 Å². The maximum atomic E-state index is 13.4. The van der Waals surface area contributed by atoms with Gasteiger partial charge in [-0.1, -0.05) is 54.1 Å². The van der Waals surface area contributed by atoms with Crippen LogP contribution in [0.25, 0.3) is 0 Å².